The SMILES string of the molecule is CC1CC(C)(C)CCC1NCC1(N(C)C)CCC1. The highest BCUT2D eigenvalue weighted by Crippen LogP contribution is 2.40. The third-order valence-corrected chi connectivity index (χ3v) is 5.62. The molecule has 0 aromatic carbocycles. The molecule has 2 rings (SSSR count). The van der Waals surface area contributed by atoms with E-state index in [9.17, 15) is 0 Å². The number of hydrogen-bond acceptors (Lipinski definition) is 2. The Balaban J connectivity index is 1.84. The largest absolute Gasteiger partial charge is 0.312 e. The van der Waals surface area contributed by atoms with E-state index in [2.05, 4.69) is 45.1 Å². The molecular formula is C16H32N2. The van der Waals surface area contributed by atoms with Crippen LogP contribution in [-0.2, 0) is 0 Å². The van der Waals surface area contributed by atoms with Gasteiger partial charge in [-0.2, -0.15) is 0 Å². The molecular weight excluding hydrogens is 220 g/mol. The maximum absolute atomic E-state index is 3.89. The second kappa shape index (κ2) is 5.13. The Kier molecular flexibility index (Phi) is 4.08. The van der Waals surface area contributed by atoms with Crippen LogP contribution in [0, 0.1) is 11.3 Å². The zero-order chi connectivity index (χ0) is 13.4. The summed E-state index contributed by atoms with van der Waals surface area (Å²) in [6, 6.07) is 0.746. The van der Waals surface area contributed by atoms with E-state index in [1.165, 1.54) is 45.1 Å². The van der Waals surface area contributed by atoms with E-state index in [1.807, 2.05) is 0 Å². The van der Waals surface area contributed by atoms with Crippen molar-refractivity contribution in [1.29, 1.82) is 0 Å². The number of rotatable bonds is 4. The lowest BCUT2D eigenvalue weighted by molar-refractivity contribution is 0.0478. The van der Waals surface area contributed by atoms with Crippen LogP contribution in [0.4, 0.5) is 0 Å². The van der Waals surface area contributed by atoms with Crippen LogP contribution in [0.25, 0.3) is 0 Å². The van der Waals surface area contributed by atoms with Crippen molar-refractivity contribution in [1.82, 2.24) is 10.2 Å². The average Bonchev–Trinajstić information content (AvgIpc) is 2.17. The van der Waals surface area contributed by atoms with Gasteiger partial charge in [-0.05, 0) is 64.0 Å². The van der Waals surface area contributed by atoms with Crippen LogP contribution in [0.1, 0.15) is 59.3 Å². The summed E-state index contributed by atoms with van der Waals surface area (Å²) in [5, 5.41) is 3.89. The third-order valence-electron chi connectivity index (χ3n) is 5.62. The van der Waals surface area contributed by atoms with E-state index in [4.69, 9.17) is 0 Å². The standard InChI is InChI=1S/C16H32N2/c1-13-11-15(2,3)10-7-14(13)17-12-16(18(4)5)8-6-9-16/h13-14,17H,6-12H2,1-5H3. The molecule has 0 radical (unpaired) electrons. The Morgan fingerprint density at radius 1 is 1.17 bits per heavy atom. The maximum atomic E-state index is 3.89. The fourth-order valence-electron chi connectivity index (χ4n) is 3.94. The van der Waals surface area contributed by atoms with Crippen molar-refractivity contribution in [3.8, 4) is 0 Å². The average molecular weight is 252 g/mol. The topological polar surface area (TPSA) is 15.3 Å². The molecule has 0 bridgehead atoms. The molecule has 0 spiro atoms. The van der Waals surface area contributed by atoms with Crippen molar-refractivity contribution < 1.29 is 0 Å². The predicted molar refractivity (Wildman–Crippen MR) is 78.9 cm³/mol. The van der Waals surface area contributed by atoms with Crippen LogP contribution in [0.5, 0.6) is 0 Å². The Labute approximate surface area is 114 Å². The molecule has 2 aliphatic carbocycles. The van der Waals surface area contributed by atoms with Gasteiger partial charge in [0, 0.05) is 18.1 Å². The van der Waals surface area contributed by atoms with Gasteiger partial charge in [0.05, 0.1) is 0 Å². The minimum absolute atomic E-state index is 0.465. The number of hydrogen-bond donors (Lipinski definition) is 1. The second-order valence-corrected chi connectivity index (χ2v) is 7.84. The van der Waals surface area contributed by atoms with Gasteiger partial charge >= 0.3 is 0 Å². The van der Waals surface area contributed by atoms with E-state index in [0.717, 1.165) is 12.0 Å². The van der Waals surface area contributed by atoms with E-state index in [0.29, 0.717) is 11.0 Å². The Hall–Kier alpha value is -0.0800. The summed E-state index contributed by atoms with van der Waals surface area (Å²) >= 11 is 0. The van der Waals surface area contributed by atoms with Crippen molar-refractivity contribution in [2.75, 3.05) is 20.6 Å². The summed E-state index contributed by atoms with van der Waals surface area (Å²) in [6.07, 6.45) is 8.27. The van der Waals surface area contributed by atoms with Crippen molar-refractivity contribution in [3.05, 3.63) is 0 Å². The van der Waals surface area contributed by atoms with Crippen LogP contribution in [0.3, 0.4) is 0 Å². The predicted octanol–water partition coefficient (Wildman–Crippen LogP) is 3.28. The molecule has 0 aliphatic heterocycles. The molecule has 0 heterocycles. The summed E-state index contributed by atoms with van der Waals surface area (Å²) in [7, 11) is 4.49. The summed E-state index contributed by atoms with van der Waals surface area (Å²) in [5.74, 6) is 0.827. The molecule has 106 valence electrons. The van der Waals surface area contributed by atoms with Crippen LogP contribution < -0.4 is 5.32 Å². The highest BCUT2D eigenvalue weighted by Gasteiger charge is 2.40. The van der Waals surface area contributed by atoms with Gasteiger partial charge in [0.1, 0.15) is 0 Å². The van der Waals surface area contributed by atoms with Crippen LogP contribution in [0.15, 0.2) is 0 Å². The van der Waals surface area contributed by atoms with E-state index in [-0.39, 0.29) is 0 Å². The van der Waals surface area contributed by atoms with Crippen LogP contribution in [-0.4, -0.2) is 37.1 Å². The van der Waals surface area contributed by atoms with Gasteiger partial charge in [-0.15, -0.1) is 0 Å². The molecule has 2 heteroatoms. The first kappa shape index (κ1) is 14.3. The van der Waals surface area contributed by atoms with Crippen molar-refractivity contribution in [2.45, 2.75) is 70.9 Å². The van der Waals surface area contributed by atoms with Crippen molar-refractivity contribution in [3.63, 3.8) is 0 Å². The minimum atomic E-state index is 0.465. The fourth-order valence-corrected chi connectivity index (χ4v) is 3.94. The fraction of sp³-hybridized carbons (Fsp3) is 1.00. The summed E-state index contributed by atoms with van der Waals surface area (Å²) < 4.78 is 0. The second-order valence-electron chi connectivity index (χ2n) is 7.84. The summed E-state index contributed by atoms with van der Waals surface area (Å²) in [4.78, 5) is 2.45. The smallest absolute Gasteiger partial charge is 0.0328 e. The Morgan fingerprint density at radius 3 is 2.28 bits per heavy atom. The normalized spacial score (nSPS) is 34.3. The van der Waals surface area contributed by atoms with E-state index >= 15 is 0 Å². The molecule has 18 heavy (non-hydrogen) atoms. The molecule has 0 saturated heterocycles. The zero-order valence-corrected chi connectivity index (χ0v) is 13.1. The molecule has 2 nitrogen and oxygen atoms in total. The van der Waals surface area contributed by atoms with Gasteiger partial charge in [-0.3, -0.25) is 0 Å². The van der Waals surface area contributed by atoms with Crippen LogP contribution in [0.2, 0.25) is 0 Å². The monoisotopic (exact) mass is 252 g/mol. The summed E-state index contributed by atoms with van der Waals surface area (Å²) in [6.45, 7) is 8.47. The van der Waals surface area contributed by atoms with Crippen LogP contribution >= 0.6 is 0 Å². The van der Waals surface area contributed by atoms with Gasteiger partial charge in [0.25, 0.3) is 0 Å². The molecule has 0 aromatic heterocycles. The van der Waals surface area contributed by atoms with E-state index in [1.54, 1.807) is 0 Å². The van der Waals surface area contributed by atoms with Gasteiger partial charge in [0.15, 0.2) is 0 Å². The number of likely N-dealkylation sites (N-methyl/N-ethyl adjacent to an activating group) is 1. The molecule has 2 saturated carbocycles. The first-order valence-electron chi connectivity index (χ1n) is 7.76. The summed E-state index contributed by atoms with van der Waals surface area (Å²) in [5.41, 5.74) is 1.03. The number of nitrogens with zero attached hydrogens (tertiary/aromatic N) is 1. The van der Waals surface area contributed by atoms with Gasteiger partial charge in [0.2, 0.25) is 0 Å². The molecule has 2 atom stereocenters. The Bertz CT molecular complexity index is 279. The lowest BCUT2D eigenvalue weighted by Gasteiger charge is -2.49. The first-order valence-corrected chi connectivity index (χ1v) is 7.76. The highest BCUT2D eigenvalue weighted by molar-refractivity contribution is 4.99. The third kappa shape index (κ3) is 2.91. The highest BCUT2D eigenvalue weighted by atomic mass is 15.2. The van der Waals surface area contributed by atoms with Gasteiger partial charge in [-0.25, -0.2) is 0 Å². The van der Waals surface area contributed by atoms with Crippen molar-refractivity contribution in [2.24, 2.45) is 11.3 Å². The number of nitrogens with one attached hydrogen (secondary N) is 1. The van der Waals surface area contributed by atoms with E-state index < -0.39 is 0 Å². The molecule has 1 N–H and O–H groups in total. The molecule has 0 aromatic rings. The lowest BCUT2D eigenvalue weighted by atomic mass is 9.70. The molecule has 2 aliphatic rings. The zero-order valence-electron chi connectivity index (χ0n) is 13.1. The van der Waals surface area contributed by atoms with Gasteiger partial charge in [-0.1, -0.05) is 20.8 Å². The Morgan fingerprint density at radius 2 is 1.83 bits per heavy atom. The lowest BCUT2D eigenvalue weighted by Crippen LogP contribution is -2.58. The quantitative estimate of drug-likeness (QED) is 0.826. The van der Waals surface area contributed by atoms with Crippen molar-refractivity contribution >= 4 is 0 Å². The minimum Gasteiger partial charge on any atom is -0.312 e. The molecule has 0 amide bonds. The molecule has 2 unspecified atom stereocenters. The van der Waals surface area contributed by atoms with Gasteiger partial charge < -0.3 is 10.2 Å². The first-order chi connectivity index (χ1) is 8.35. The molecule has 2 fully saturated rings. The maximum Gasteiger partial charge on any atom is 0.0328 e.